The zero-order chi connectivity index (χ0) is 14.4. The smallest absolute Gasteiger partial charge is 0.326 e. The number of pyridine rings is 1. The minimum Gasteiger partial charge on any atom is -0.480 e. The summed E-state index contributed by atoms with van der Waals surface area (Å²) >= 11 is 0. The SMILES string of the molecule is O=C(O)C1CCCCCN1C(=O)CCc1ccccn1. The van der Waals surface area contributed by atoms with Gasteiger partial charge >= 0.3 is 5.97 Å². The van der Waals surface area contributed by atoms with E-state index < -0.39 is 12.0 Å². The number of amides is 1. The Morgan fingerprint density at radius 1 is 1.30 bits per heavy atom. The quantitative estimate of drug-likeness (QED) is 0.911. The van der Waals surface area contributed by atoms with Gasteiger partial charge in [-0.3, -0.25) is 9.78 Å². The molecule has 1 amide bonds. The summed E-state index contributed by atoms with van der Waals surface area (Å²) in [5.74, 6) is -0.969. The Morgan fingerprint density at radius 3 is 2.85 bits per heavy atom. The molecule has 1 unspecified atom stereocenters. The number of carbonyl (C=O) groups excluding carboxylic acids is 1. The van der Waals surface area contributed by atoms with Gasteiger partial charge in [0.2, 0.25) is 5.91 Å². The fourth-order valence-electron chi connectivity index (χ4n) is 2.59. The fraction of sp³-hybridized carbons (Fsp3) is 0.533. The highest BCUT2D eigenvalue weighted by atomic mass is 16.4. The molecule has 0 radical (unpaired) electrons. The number of hydrogen-bond donors (Lipinski definition) is 1. The van der Waals surface area contributed by atoms with Crippen LogP contribution in [0.15, 0.2) is 24.4 Å². The average Bonchev–Trinajstić information content (AvgIpc) is 2.71. The van der Waals surface area contributed by atoms with Crippen LogP contribution in [-0.2, 0) is 16.0 Å². The number of carboxylic acids is 1. The summed E-state index contributed by atoms with van der Waals surface area (Å²) in [6.45, 7) is 0.554. The summed E-state index contributed by atoms with van der Waals surface area (Å²) in [6.07, 6.45) is 5.90. The molecule has 108 valence electrons. The number of aromatic nitrogens is 1. The van der Waals surface area contributed by atoms with Gasteiger partial charge in [-0.1, -0.05) is 18.9 Å². The molecule has 1 aromatic heterocycles. The molecule has 0 aliphatic carbocycles. The standard InChI is InChI=1S/C15H20N2O3/c18-14(9-8-12-6-3-4-10-16-12)17-11-5-1-2-7-13(17)15(19)20/h3-4,6,10,13H,1-2,5,7-9,11H2,(H,19,20). The molecule has 1 aromatic rings. The third kappa shape index (κ3) is 3.79. The van der Waals surface area contributed by atoms with Gasteiger partial charge in [0.05, 0.1) is 0 Å². The van der Waals surface area contributed by atoms with Crippen molar-refractivity contribution in [1.29, 1.82) is 0 Å². The molecular weight excluding hydrogens is 256 g/mol. The number of likely N-dealkylation sites (tertiary alicyclic amines) is 1. The van der Waals surface area contributed by atoms with Crippen molar-refractivity contribution in [3.63, 3.8) is 0 Å². The maximum absolute atomic E-state index is 12.3. The Bertz CT molecular complexity index is 461. The van der Waals surface area contributed by atoms with Crippen LogP contribution in [0.1, 0.15) is 37.8 Å². The Morgan fingerprint density at radius 2 is 2.15 bits per heavy atom. The molecule has 5 nitrogen and oxygen atoms in total. The van der Waals surface area contributed by atoms with Crippen molar-refractivity contribution in [2.75, 3.05) is 6.54 Å². The minimum atomic E-state index is -0.891. The lowest BCUT2D eigenvalue weighted by atomic mass is 10.1. The van der Waals surface area contributed by atoms with Gasteiger partial charge in [-0.05, 0) is 31.4 Å². The molecule has 1 aliphatic heterocycles. The van der Waals surface area contributed by atoms with Crippen LogP contribution in [0.3, 0.4) is 0 Å². The summed E-state index contributed by atoms with van der Waals surface area (Å²) in [4.78, 5) is 29.3. The number of aryl methyl sites for hydroxylation is 1. The topological polar surface area (TPSA) is 70.5 Å². The third-order valence-corrected chi connectivity index (χ3v) is 3.68. The van der Waals surface area contributed by atoms with E-state index >= 15 is 0 Å². The van der Waals surface area contributed by atoms with Gasteiger partial charge in [0.15, 0.2) is 0 Å². The number of hydrogen-bond acceptors (Lipinski definition) is 3. The number of aliphatic carboxylic acids is 1. The van der Waals surface area contributed by atoms with Gasteiger partial charge in [0.25, 0.3) is 0 Å². The van der Waals surface area contributed by atoms with E-state index in [-0.39, 0.29) is 5.91 Å². The molecule has 20 heavy (non-hydrogen) atoms. The van der Waals surface area contributed by atoms with Gasteiger partial charge in [0.1, 0.15) is 6.04 Å². The van der Waals surface area contributed by atoms with E-state index in [4.69, 9.17) is 0 Å². The van der Waals surface area contributed by atoms with Gasteiger partial charge < -0.3 is 10.0 Å². The van der Waals surface area contributed by atoms with E-state index in [0.717, 1.165) is 25.0 Å². The zero-order valence-corrected chi connectivity index (χ0v) is 11.5. The van der Waals surface area contributed by atoms with Crippen molar-refractivity contribution in [1.82, 2.24) is 9.88 Å². The average molecular weight is 276 g/mol. The van der Waals surface area contributed by atoms with Crippen LogP contribution < -0.4 is 0 Å². The Hall–Kier alpha value is -1.91. The second-order valence-electron chi connectivity index (χ2n) is 5.11. The third-order valence-electron chi connectivity index (χ3n) is 3.68. The molecule has 0 saturated carbocycles. The predicted molar refractivity (Wildman–Crippen MR) is 74.2 cm³/mol. The zero-order valence-electron chi connectivity index (χ0n) is 11.5. The lowest BCUT2D eigenvalue weighted by Crippen LogP contribution is -2.44. The van der Waals surface area contributed by atoms with Crippen molar-refractivity contribution in [3.8, 4) is 0 Å². The van der Waals surface area contributed by atoms with Gasteiger partial charge in [-0.2, -0.15) is 0 Å². The molecule has 0 bridgehead atoms. The molecule has 0 aromatic carbocycles. The predicted octanol–water partition coefficient (Wildman–Crippen LogP) is 1.87. The number of rotatable bonds is 4. The molecule has 1 atom stereocenters. The highest BCUT2D eigenvalue weighted by molar-refractivity contribution is 5.83. The van der Waals surface area contributed by atoms with Gasteiger partial charge in [0, 0.05) is 24.9 Å². The molecule has 0 spiro atoms. The van der Waals surface area contributed by atoms with Crippen molar-refractivity contribution in [2.24, 2.45) is 0 Å². The van der Waals surface area contributed by atoms with E-state index in [1.165, 1.54) is 4.90 Å². The first-order valence-electron chi connectivity index (χ1n) is 7.10. The van der Waals surface area contributed by atoms with E-state index in [2.05, 4.69) is 4.98 Å². The fourth-order valence-corrected chi connectivity index (χ4v) is 2.59. The molecule has 2 rings (SSSR count). The monoisotopic (exact) mass is 276 g/mol. The van der Waals surface area contributed by atoms with E-state index in [0.29, 0.717) is 25.8 Å². The summed E-state index contributed by atoms with van der Waals surface area (Å²) < 4.78 is 0. The van der Waals surface area contributed by atoms with Crippen LogP contribution in [0.5, 0.6) is 0 Å². The second-order valence-corrected chi connectivity index (χ2v) is 5.11. The highest BCUT2D eigenvalue weighted by Crippen LogP contribution is 2.18. The van der Waals surface area contributed by atoms with Crippen LogP contribution in [0.4, 0.5) is 0 Å². The molecule has 1 fully saturated rings. The molecular formula is C15H20N2O3. The van der Waals surface area contributed by atoms with Crippen molar-refractivity contribution >= 4 is 11.9 Å². The highest BCUT2D eigenvalue weighted by Gasteiger charge is 2.30. The van der Waals surface area contributed by atoms with Gasteiger partial charge in [-0.25, -0.2) is 4.79 Å². The Balaban J connectivity index is 1.96. The van der Waals surface area contributed by atoms with Crippen LogP contribution in [0.2, 0.25) is 0 Å². The maximum atomic E-state index is 12.3. The number of nitrogens with zero attached hydrogens (tertiary/aromatic N) is 2. The number of carbonyl (C=O) groups is 2. The first-order chi connectivity index (χ1) is 9.68. The first kappa shape index (κ1) is 14.5. The maximum Gasteiger partial charge on any atom is 0.326 e. The number of carboxylic acid groups (broad SMARTS) is 1. The Kier molecular flexibility index (Phi) is 5.09. The van der Waals surface area contributed by atoms with Crippen LogP contribution in [0.25, 0.3) is 0 Å². The van der Waals surface area contributed by atoms with Crippen molar-refractivity contribution < 1.29 is 14.7 Å². The molecule has 1 aliphatic rings. The minimum absolute atomic E-state index is 0.0787. The summed E-state index contributed by atoms with van der Waals surface area (Å²) in [6, 6.07) is 4.94. The normalized spacial score (nSPS) is 19.4. The van der Waals surface area contributed by atoms with Crippen LogP contribution in [0, 0.1) is 0 Å². The summed E-state index contributed by atoms with van der Waals surface area (Å²) in [5.41, 5.74) is 0.863. The van der Waals surface area contributed by atoms with Crippen molar-refractivity contribution in [2.45, 2.75) is 44.6 Å². The van der Waals surface area contributed by atoms with Gasteiger partial charge in [-0.15, -0.1) is 0 Å². The molecule has 2 heterocycles. The first-order valence-corrected chi connectivity index (χ1v) is 7.10. The summed E-state index contributed by atoms with van der Waals surface area (Å²) in [5, 5.41) is 9.26. The second kappa shape index (κ2) is 7.03. The summed E-state index contributed by atoms with van der Waals surface area (Å²) in [7, 11) is 0. The van der Waals surface area contributed by atoms with Crippen LogP contribution >= 0.6 is 0 Å². The molecule has 1 N–H and O–H groups in total. The largest absolute Gasteiger partial charge is 0.480 e. The van der Waals surface area contributed by atoms with E-state index in [9.17, 15) is 14.7 Å². The van der Waals surface area contributed by atoms with Crippen molar-refractivity contribution in [3.05, 3.63) is 30.1 Å². The van der Waals surface area contributed by atoms with E-state index in [1.807, 2.05) is 18.2 Å². The molecule has 1 saturated heterocycles. The molecule has 5 heteroatoms. The lowest BCUT2D eigenvalue weighted by molar-refractivity contribution is -0.150. The van der Waals surface area contributed by atoms with Crippen LogP contribution in [-0.4, -0.2) is 39.5 Å². The lowest BCUT2D eigenvalue weighted by Gasteiger charge is -2.27. The Labute approximate surface area is 118 Å². The van der Waals surface area contributed by atoms with E-state index in [1.54, 1.807) is 6.20 Å².